The van der Waals surface area contributed by atoms with E-state index in [9.17, 15) is 13.2 Å². The lowest BCUT2D eigenvalue weighted by Gasteiger charge is -2.33. The van der Waals surface area contributed by atoms with Gasteiger partial charge < -0.3 is 9.64 Å². The Hall–Kier alpha value is -2.64. The summed E-state index contributed by atoms with van der Waals surface area (Å²) in [6.45, 7) is 3.36. The third-order valence-electron chi connectivity index (χ3n) is 4.95. The molecule has 1 fully saturated rings. The molecule has 7 heteroatoms. The fourth-order valence-corrected chi connectivity index (χ4v) is 4.36. The molecule has 0 bridgehead atoms. The average Bonchev–Trinajstić information content (AvgIpc) is 2.73. The minimum absolute atomic E-state index is 0.00880. The predicted octanol–water partition coefficient (Wildman–Crippen LogP) is 2.69. The molecule has 6 nitrogen and oxygen atoms in total. The van der Waals surface area contributed by atoms with E-state index >= 15 is 0 Å². The molecule has 1 aliphatic heterocycles. The molecule has 0 saturated carbocycles. The molecule has 2 aromatic rings. The van der Waals surface area contributed by atoms with Gasteiger partial charge in [-0.2, -0.15) is 4.31 Å². The fraction of sp³-hybridized carbons (Fsp3) is 0.318. The summed E-state index contributed by atoms with van der Waals surface area (Å²) in [4.78, 5) is 14.3. The summed E-state index contributed by atoms with van der Waals surface area (Å²) in [5, 5.41) is 1.24. The van der Waals surface area contributed by atoms with E-state index in [1.165, 1.54) is 9.71 Å². The van der Waals surface area contributed by atoms with Gasteiger partial charge in [-0.25, -0.2) is 8.42 Å². The van der Waals surface area contributed by atoms with E-state index < -0.39 is 10.0 Å². The smallest absolute Gasteiger partial charge is 0.236 e. The highest BCUT2D eigenvalue weighted by atomic mass is 32.2. The Morgan fingerprint density at radius 3 is 2.41 bits per heavy atom. The lowest BCUT2D eigenvalue weighted by atomic mass is 10.1. The second-order valence-electron chi connectivity index (χ2n) is 7.07. The largest absolute Gasteiger partial charge is 0.497 e. The summed E-state index contributed by atoms with van der Waals surface area (Å²) in [6, 6.07) is 15.1. The molecule has 3 rings (SSSR count). The molecule has 1 aliphatic rings. The summed E-state index contributed by atoms with van der Waals surface area (Å²) in [5.74, 6) is 0.706. The van der Waals surface area contributed by atoms with Gasteiger partial charge >= 0.3 is 0 Å². The Balaban J connectivity index is 1.56. The number of rotatable bonds is 6. The Morgan fingerprint density at radius 1 is 1.07 bits per heavy atom. The number of hydrogen-bond acceptors (Lipinski definition) is 4. The Bertz CT molecular complexity index is 976. The minimum Gasteiger partial charge on any atom is -0.497 e. The molecule has 1 amide bonds. The van der Waals surface area contributed by atoms with Gasteiger partial charge in [-0.3, -0.25) is 4.79 Å². The highest BCUT2D eigenvalue weighted by molar-refractivity contribution is 7.92. The zero-order valence-electron chi connectivity index (χ0n) is 16.7. The number of aryl methyl sites for hydroxylation is 1. The molecule has 0 N–H and O–H groups in total. The van der Waals surface area contributed by atoms with Crippen molar-refractivity contribution in [1.29, 1.82) is 0 Å². The van der Waals surface area contributed by atoms with Crippen LogP contribution in [0.25, 0.3) is 6.08 Å². The van der Waals surface area contributed by atoms with Crippen LogP contribution in [0.5, 0.6) is 5.75 Å². The van der Waals surface area contributed by atoms with Crippen molar-refractivity contribution in [2.75, 3.05) is 33.3 Å². The van der Waals surface area contributed by atoms with Gasteiger partial charge in [0, 0.05) is 31.6 Å². The van der Waals surface area contributed by atoms with Crippen molar-refractivity contribution in [2.45, 2.75) is 13.3 Å². The topological polar surface area (TPSA) is 66.9 Å². The van der Waals surface area contributed by atoms with Gasteiger partial charge in [0.1, 0.15) is 5.75 Å². The lowest BCUT2D eigenvalue weighted by molar-refractivity contribution is -0.131. The number of ether oxygens (including phenoxy) is 1. The summed E-state index contributed by atoms with van der Waals surface area (Å²) in [5.41, 5.74) is 2.84. The molecule has 0 radical (unpaired) electrons. The number of benzene rings is 2. The van der Waals surface area contributed by atoms with Crippen LogP contribution in [0.1, 0.15) is 16.7 Å². The van der Waals surface area contributed by atoms with Crippen molar-refractivity contribution in [3.63, 3.8) is 0 Å². The van der Waals surface area contributed by atoms with Crippen molar-refractivity contribution in [1.82, 2.24) is 9.21 Å². The zero-order valence-corrected chi connectivity index (χ0v) is 17.6. The molecule has 2 aromatic carbocycles. The summed E-state index contributed by atoms with van der Waals surface area (Å²) in [7, 11) is -1.92. The first kappa shape index (κ1) is 21.1. The van der Waals surface area contributed by atoms with Gasteiger partial charge in [0.15, 0.2) is 0 Å². The molecule has 0 aromatic heterocycles. The highest BCUT2D eigenvalue weighted by Crippen LogP contribution is 2.16. The molecule has 0 atom stereocenters. The average molecular weight is 415 g/mol. The van der Waals surface area contributed by atoms with Crippen molar-refractivity contribution < 1.29 is 17.9 Å². The number of hydrogen-bond donors (Lipinski definition) is 0. The van der Waals surface area contributed by atoms with Gasteiger partial charge in [-0.05, 0) is 36.3 Å². The third kappa shape index (κ3) is 5.68. The van der Waals surface area contributed by atoms with E-state index in [0.29, 0.717) is 31.9 Å². The maximum absolute atomic E-state index is 12.6. The van der Waals surface area contributed by atoms with Crippen LogP contribution >= 0.6 is 0 Å². The second kappa shape index (κ2) is 9.24. The Morgan fingerprint density at radius 2 is 1.76 bits per heavy atom. The van der Waals surface area contributed by atoms with Gasteiger partial charge in [-0.15, -0.1) is 0 Å². The second-order valence-corrected chi connectivity index (χ2v) is 8.89. The van der Waals surface area contributed by atoms with Crippen molar-refractivity contribution >= 4 is 22.0 Å². The Kier molecular flexibility index (Phi) is 6.71. The number of carbonyl (C=O) groups excluding carboxylic acids is 1. The van der Waals surface area contributed by atoms with Crippen molar-refractivity contribution in [3.05, 3.63) is 70.6 Å². The van der Waals surface area contributed by atoms with E-state index in [1.54, 1.807) is 18.1 Å². The molecular weight excluding hydrogens is 388 g/mol. The number of nitrogens with zero attached hydrogens (tertiary/aromatic N) is 2. The van der Waals surface area contributed by atoms with Crippen molar-refractivity contribution in [2.24, 2.45) is 0 Å². The first-order valence-corrected chi connectivity index (χ1v) is 11.0. The SMILES string of the molecule is COc1cccc(CC(=O)N2CCN(S(=O)(=O)/C=C/c3ccc(C)cc3)CC2)c1. The first-order chi connectivity index (χ1) is 13.9. The van der Waals surface area contributed by atoms with Crippen LogP contribution in [0.15, 0.2) is 53.9 Å². The predicted molar refractivity (Wildman–Crippen MR) is 114 cm³/mol. The van der Waals surface area contributed by atoms with Crippen molar-refractivity contribution in [3.8, 4) is 5.75 Å². The van der Waals surface area contributed by atoms with Gasteiger partial charge in [0.05, 0.1) is 13.5 Å². The standard InChI is InChI=1S/C22H26N2O4S/c1-18-6-8-19(9-7-18)10-15-29(26,27)24-13-11-23(12-14-24)22(25)17-20-4-3-5-21(16-20)28-2/h3-10,15-16H,11-14,17H2,1-2H3/b15-10+. The van der Waals surface area contributed by atoms with Crippen LogP contribution in [-0.4, -0.2) is 56.8 Å². The molecule has 0 aliphatic carbocycles. The van der Waals surface area contributed by atoms with E-state index in [-0.39, 0.29) is 12.3 Å². The number of sulfonamides is 1. The molecule has 0 unspecified atom stereocenters. The maximum atomic E-state index is 12.6. The van der Waals surface area contributed by atoms with E-state index in [0.717, 1.165) is 16.7 Å². The molecule has 1 saturated heterocycles. The molecule has 0 spiro atoms. The third-order valence-corrected chi connectivity index (χ3v) is 6.52. The first-order valence-electron chi connectivity index (χ1n) is 9.53. The summed E-state index contributed by atoms with van der Waals surface area (Å²) >= 11 is 0. The van der Waals surface area contributed by atoms with Crippen LogP contribution in [-0.2, 0) is 21.2 Å². The summed E-state index contributed by atoms with van der Waals surface area (Å²) < 4.78 is 31.8. The number of piperazine rings is 1. The van der Waals surface area contributed by atoms with Gasteiger partial charge in [-0.1, -0.05) is 42.0 Å². The number of carbonyl (C=O) groups is 1. The highest BCUT2D eigenvalue weighted by Gasteiger charge is 2.27. The fourth-order valence-electron chi connectivity index (χ4n) is 3.19. The molecule has 154 valence electrons. The van der Waals surface area contributed by atoms with E-state index in [4.69, 9.17) is 4.74 Å². The normalized spacial score (nSPS) is 15.6. The monoisotopic (exact) mass is 414 g/mol. The van der Waals surface area contributed by atoms with Crippen LogP contribution in [0, 0.1) is 6.92 Å². The minimum atomic E-state index is -3.51. The van der Waals surface area contributed by atoms with E-state index in [1.807, 2.05) is 55.5 Å². The van der Waals surface area contributed by atoms with Crippen LogP contribution in [0.3, 0.4) is 0 Å². The van der Waals surface area contributed by atoms with Crippen LogP contribution in [0.2, 0.25) is 0 Å². The van der Waals surface area contributed by atoms with Gasteiger partial charge in [0.25, 0.3) is 0 Å². The zero-order chi connectivity index (χ0) is 20.9. The van der Waals surface area contributed by atoms with E-state index in [2.05, 4.69) is 0 Å². The van der Waals surface area contributed by atoms with Crippen LogP contribution in [0.4, 0.5) is 0 Å². The molecule has 1 heterocycles. The van der Waals surface area contributed by atoms with Gasteiger partial charge in [0.2, 0.25) is 15.9 Å². The Labute approximate surface area is 172 Å². The molecular formula is C22H26N2O4S. The lowest BCUT2D eigenvalue weighted by Crippen LogP contribution is -2.50. The maximum Gasteiger partial charge on any atom is 0.236 e. The molecule has 29 heavy (non-hydrogen) atoms. The summed E-state index contributed by atoms with van der Waals surface area (Å²) in [6.07, 6.45) is 1.88. The quantitative estimate of drug-likeness (QED) is 0.729. The number of methoxy groups -OCH3 is 1. The van der Waals surface area contributed by atoms with Crippen LogP contribution < -0.4 is 4.74 Å². The number of amides is 1.